The fourth-order valence-corrected chi connectivity index (χ4v) is 3.30. The third-order valence-electron chi connectivity index (χ3n) is 5.08. The predicted molar refractivity (Wildman–Crippen MR) is 126 cm³/mol. The zero-order valence-corrected chi connectivity index (χ0v) is 18.2. The molecule has 3 amide bonds. The third kappa shape index (κ3) is 5.80. The molecule has 0 unspecified atom stereocenters. The lowest BCUT2D eigenvalue weighted by molar-refractivity contribution is -0.117. The van der Waals surface area contributed by atoms with Gasteiger partial charge in [-0.15, -0.1) is 0 Å². The van der Waals surface area contributed by atoms with E-state index in [1.54, 1.807) is 36.4 Å². The highest BCUT2D eigenvalue weighted by Crippen LogP contribution is 2.21. The molecule has 4 aromatic rings. The number of furan rings is 1. The van der Waals surface area contributed by atoms with Crippen LogP contribution in [0.5, 0.6) is 5.75 Å². The van der Waals surface area contributed by atoms with Gasteiger partial charge in [-0.1, -0.05) is 42.5 Å². The van der Waals surface area contributed by atoms with Crippen molar-refractivity contribution in [3.63, 3.8) is 0 Å². The number of benzene rings is 3. The maximum Gasteiger partial charge on any atom is 0.287 e. The zero-order chi connectivity index (χ0) is 23.9. The highest BCUT2D eigenvalue weighted by molar-refractivity contribution is 5.96. The van der Waals surface area contributed by atoms with Gasteiger partial charge in [0.05, 0.1) is 6.54 Å². The van der Waals surface area contributed by atoms with E-state index in [2.05, 4.69) is 10.6 Å². The van der Waals surface area contributed by atoms with Crippen molar-refractivity contribution in [3.8, 4) is 5.75 Å². The first-order valence-corrected chi connectivity index (χ1v) is 10.6. The molecule has 172 valence electrons. The van der Waals surface area contributed by atoms with Crippen LogP contribution in [-0.2, 0) is 17.9 Å². The molecule has 0 aliphatic carbocycles. The Morgan fingerprint density at radius 1 is 0.824 bits per heavy atom. The molecular formula is C26H23N3O5. The largest absolute Gasteiger partial charge is 0.486 e. The van der Waals surface area contributed by atoms with Gasteiger partial charge in [-0.05, 0) is 52.7 Å². The van der Waals surface area contributed by atoms with E-state index in [1.165, 1.54) is 0 Å². The van der Waals surface area contributed by atoms with Crippen molar-refractivity contribution >= 4 is 28.5 Å². The number of ether oxygens (including phenoxy) is 1. The van der Waals surface area contributed by atoms with Crippen LogP contribution in [0.15, 0.2) is 83.3 Å². The Morgan fingerprint density at radius 2 is 1.59 bits per heavy atom. The summed E-state index contributed by atoms with van der Waals surface area (Å²) >= 11 is 0. The Labute approximate surface area is 195 Å². The van der Waals surface area contributed by atoms with Crippen LogP contribution in [0.25, 0.3) is 10.8 Å². The molecule has 0 saturated carbocycles. The second-order valence-corrected chi connectivity index (χ2v) is 7.59. The number of nitrogens with two attached hydrogens (primary N) is 1. The molecule has 0 bridgehead atoms. The molecule has 8 nitrogen and oxygen atoms in total. The Bertz CT molecular complexity index is 1330. The van der Waals surface area contributed by atoms with Crippen LogP contribution in [-0.4, -0.2) is 24.3 Å². The van der Waals surface area contributed by atoms with Crippen LogP contribution in [0, 0.1) is 0 Å². The summed E-state index contributed by atoms with van der Waals surface area (Å²) in [5.41, 5.74) is 6.20. The van der Waals surface area contributed by atoms with Gasteiger partial charge >= 0.3 is 0 Å². The number of nitrogens with one attached hydrogen (secondary N) is 2. The minimum atomic E-state index is -0.617. The predicted octanol–water partition coefficient (Wildman–Crippen LogP) is 3.16. The van der Waals surface area contributed by atoms with E-state index in [1.807, 2.05) is 42.5 Å². The Morgan fingerprint density at radius 3 is 2.35 bits per heavy atom. The monoisotopic (exact) mass is 457 g/mol. The molecule has 34 heavy (non-hydrogen) atoms. The van der Waals surface area contributed by atoms with Crippen molar-refractivity contribution in [2.24, 2.45) is 5.73 Å². The Hall–Kier alpha value is -4.59. The van der Waals surface area contributed by atoms with Gasteiger partial charge in [0.25, 0.3) is 11.8 Å². The van der Waals surface area contributed by atoms with Gasteiger partial charge in [-0.3, -0.25) is 14.4 Å². The van der Waals surface area contributed by atoms with Crippen molar-refractivity contribution in [1.29, 1.82) is 0 Å². The molecule has 8 heteroatoms. The number of primary amides is 1. The normalized spacial score (nSPS) is 10.6. The average Bonchev–Trinajstić information content (AvgIpc) is 3.34. The molecule has 3 aromatic carbocycles. The smallest absolute Gasteiger partial charge is 0.287 e. The SMILES string of the molecule is NC(=O)CNC(=O)c1ccc(CNC(=O)c2ccc(COc3ccc4ccccc4c3)o2)cc1. The molecule has 1 heterocycles. The maximum atomic E-state index is 12.4. The molecule has 0 fully saturated rings. The van der Waals surface area contributed by atoms with E-state index >= 15 is 0 Å². The highest BCUT2D eigenvalue weighted by atomic mass is 16.5. The van der Waals surface area contributed by atoms with Crippen molar-refractivity contribution in [2.75, 3.05) is 6.54 Å². The third-order valence-corrected chi connectivity index (χ3v) is 5.08. The molecule has 4 N–H and O–H groups in total. The van der Waals surface area contributed by atoms with Crippen LogP contribution >= 0.6 is 0 Å². The lowest BCUT2D eigenvalue weighted by Crippen LogP contribution is -2.33. The zero-order valence-electron chi connectivity index (χ0n) is 18.2. The molecule has 0 radical (unpaired) electrons. The summed E-state index contributed by atoms with van der Waals surface area (Å²) < 4.78 is 11.4. The fraction of sp³-hybridized carbons (Fsp3) is 0.115. The number of carbonyl (C=O) groups is 3. The molecule has 1 aromatic heterocycles. The molecule has 0 atom stereocenters. The number of carbonyl (C=O) groups excluding carboxylic acids is 3. The molecule has 4 rings (SSSR count). The lowest BCUT2D eigenvalue weighted by Gasteiger charge is -2.07. The van der Waals surface area contributed by atoms with Crippen LogP contribution in [0.1, 0.15) is 32.2 Å². The van der Waals surface area contributed by atoms with Gasteiger partial charge < -0.3 is 25.5 Å². The molecular weight excluding hydrogens is 434 g/mol. The summed E-state index contributed by atoms with van der Waals surface area (Å²) in [6.07, 6.45) is 0. The summed E-state index contributed by atoms with van der Waals surface area (Å²) in [6.45, 7) is 0.228. The van der Waals surface area contributed by atoms with E-state index in [9.17, 15) is 14.4 Å². The van der Waals surface area contributed by atoms with Crippen LogP contribution in [0.4, 0.5) is 0 Å². The van der Waals surface area contributed by atoms with E-state index < -0.39 is 11.8 Å². The standard InChI is InChI=1S/C26H23N3O5/c27-24(30)15-29-25(31)19-7-5-17(6-8-19)14-28-26(32)23-12-11-22(34-23)16-33-21-10-9-18-3-1-2-4-20(18)13-21/h1-13H,14-16H2,(H2,27,30)(H,28,32)(H,29,31). The Kier molecular flexibility index (Phi) is 6.88. The number of hydrogen-bond donors (Lipinski definition) is 3. The van der Waals surface area contributed by atoms with Crippen LogP contribution in [0.2, 0.25) is 0 Å². The minimum absolute atomic E-state index is 0.180. The molecule has 0 spiro atoms. The van der Waals surface area contributed by atoms with E-state index in [4.69, 9.17) is 14.9 Å². The van der Waals surface area contributed by atoms with Crippen LogP contribution < -0.4 is 21.1 Å². The second-order valence-electron chi connectivity index (χ2n) is 7.59. The summed E-state index contributed by atoms with van der Waals surface area (Å²) in [4.78, 5) is 35.1. The number of fused-ring (bicyclic) bond motifs is 1. The van der Waals surface area contributed by atoms with Gasteiger partial charge in [0, 0.05) is 12.1 Å². The minimum Gasteiger partial charge on any atom is -0.486 e. The van der Waals surface area contributed by atoms with Gasteiger partial charge in [-0.2, -0.15) is 0 Å². The van der Waals surface area contributed by atoms with Crippen LogP contribution in [0.3, 0.4) is 0 Å². The van der Waals surface area contributed by atoms with Gasteiger partial charge in [0.15, 0.2) is 5.76 Å². The second kappa shape index (κ2) is 10.4. The first kappa shape index (κ1) is 22.6. The van der Waals surface area contributed by atoms with E-state index in [0.29, 0.717) is 17.1 Å². The van der Waals surface area contributed by atoms with Gasteiger partial charge in [-0.25, -0.2) is 0 Å². The van der Waals surface area contributed by atoms with Gasteiger partial charge in [0.1, 0.15) is 18.1 Å². The van der Waals surface area contributed by atoms with E-state index in [0.717, 1.165) is 16.3 Å². The van der Waals surface area contributed by atoms with E-state index in [-0.39, 0.29) is 31.4 Å². The number of hydrogen-bond acceptors (Lipinski definition) is 5. The summed E-state index contributed by atoms with van der Waals surface area (Å²) in [5, 5.41) is 7.40. The first-order valence-electron chi connectivity index (χ1n) is 10.6. The van der Waals surface area contributed by atoms with Crippen molar-refractivity contribution in [1.82, 2.24) is 10.6 Å². The summed E-state index contributed by atoms with van der Waals surface area (Å²) in [6, 6.07) is 23.8. The topological polar surface area (TPSA) is 124 Å². The van der Waals surface area contributed by atoms with Gasteiger partial charge in [0.2, 0.25) is 5.91 Å². The number of amides is 3. The van der Waals surface area contributed by atoms with Crippen molar-refractivity contribution < 1.29 is 23.5 Å². The lowest BCUT2D eigenvalue weighted by atomic mass is 10.1. The first-order chi connectivity index (χ1) is 16.5. The average molecular weight is 457 g/mol. The number of rotatable bonds is 9. The van der Waals surface area contributed by atoms with Crippen molar-refractivity contribution in [3.05, 3.63) is 102 Å². The Balaban J connectivity index is 1.27. The maximum absolute atomic E-state index is 12.4. The van der Waals surface area contributed by atoms with Crippen molar-refractivity contribution in [2.45, 2.75) is 13.2 Å². The molecule has 0 aliphatic rings. The summed E-state index contributed by atoms with van der Waals surface area (Å²) in [5.74, 6) is 0.0507. The highest BCUT2D eigenvalue weighted by Gasteiger charge is 2.12. The molecule has 0 aliphatic heterocycles. The fourth-order valence-electron chi connectivity index (χ4n) is 3.30. The molecule has 0 saturated heterocycles. The summed E-state index contributed by atoms with van der Waals surface area (Å²) in [7, 11) is 0. The quantitative estimate of drug-likeness (QED) is 0.356.